The molecule has 6 nitrogen and oxygen atoms in total. The van der Waals surface area contributed by atoms with E-state index in [0.29, 0.717) is 16.0 Å². The summed E-state index contributed by atoms with van der Waals surface area (Å²) in [5.74, 6) is -0.00198. The Bertz CT molecular complexity index is 1140. The summed E-state index contributed by atoms with van der Waals surface area (Å²) in [6, 6.07) is 9.42. The predicted molar refractivity (Wildman–Crippen MR) is 129 cm³/mol. The second kappa shape index (κ2) is 10.6. The van der Waals surface area contributed by atoms with Crippen LogP contribution in [0.5, 0.6) is 0 Å². The summed E-state index contributed by atoms with van der Waals surface area (Å²) in [5, 5.41) is 10.8. The maximum atomic E-state index is 13.8. The molecule has 0 saturated carbocycles. The van der Waals surface area contributed by atoms with E-state index in [1.54, 1.807) is 30.4 Å². The average Bonchev–Trinajstić information content (AvgIpc) is 2.69. The minimum atomic E-state index is -3.82. The Morgan fingerprint density at radius 3 is 2.16 bits per heavy atom. The summed E-state index contributed by atoms with van der Waals surface area (Å²) in [7, 11) is -3.82. The molecule has 2 aromatic rings. The van der Waals surface area contributed by atoms with E-state index in [4.69, 9.17) is 0 Å². The lowest BCUT2D eigenvalue weighted by Gasteiger charge is -2.31. The molecular weight excluding hydrogens is 424 g/mol. The van der Waals surface area contributed by atoms with Gasteiger partial charge in [0.05, 0.1) is 15.9 Å². The second-order valence-corrected chi connectivity index (χ2v) is 9.99. The molecule has 0 heterocycles. The molecule has 0 amide bonds. The smallest absolute Gasteiger partial charge is 0.258 e. The van der Waals surface area contributed by atoms with Crippen molar-refractivity contribution in [2.24, 2.45) is 5.92 Å². The SMILES string of the molecule is C=C=C[C@H](C(C)C)N(C/C=C/c1ccc([N+](=O)[O-])cc1)S(=O)(=O)c1c(C)cc(C)cc1C. The third-order valence-electron chi connectivity index (χ3n) is 5.18. The molecule has 0 N–H and O–H groups in total. The predicted octanol–water partition coefficient (Wildman–Crippen LogP) is 5.59. The number of benzene rings is 2. The fourth-order valence-corrected chi connectivity index (χ4v) is 5.87. The zero-order valence-corrected chi connectivity index (χ0v) is 20.0. The molecule has 170 valence electrons. The normalized spacial score (nSPS) is 12.8. The molecule has 0 spiro atoms. The highest BCUT2D eigenvalue weighted by Gasteiger charge is 2.33. The lowest BCUT2D eigenvalue weighted by atomic mass is 10.0. The lowest BCUT2D eigenvalue weighted by Crippen LogP contribution is -2.42. The molecule has 0 unspecified atom stereocenters. The van der Waals surface area contributed by atoms with E-state index in [9.17, 15) is 18.5 Å². The van der Waals surface area contributed by atoms with Crippen LogP contribution in [0.2, 0.25) is 0 Å². The summed E-state index contributed by atoms with van der Waals surface area (Å²) in [5.41, 5.74) is 5.92. The van der Waals surface area contributed by atoms with E-state index in [1.807, 2.05) is 46.8 Å². The highest BCUT2D eigenvalue weighted by atomic mass is 32.2. The summed E-state index contributed by atoms with van der Waals surface area (Å²) >= 11 is 0. The summed E-state index contributed by atoms with van der Waals surface area (Å²) in [6.07, 6.45) is 5.20. The average molecular weight is 455 g/mol. The van der Waals surface area contributed by atoms with Crippen LogP contribution >= 0.6 is 0 Å². The molecule has 0 aromatic heterocycles. The quantitative estimate of drug-likeness (QED) is 0.281. The molecular formula is C25H30N2O4S. The molecule has 2 aromatic carbocycles. The Kier molecular flexibility index (Phi) is 8.33. The Morgan fingerprint density at radius 2 is 1.69 bits per heavy atom. The van der Waals surface area contributed by atoms with Crippen LogP contribution < -0.4 is 0 Å². The molecule has 0 bridgehead atoms. The Hall–Kier alpha value is -2.99. The zero-order valence-electron chi connectivity index (χ0n) is 19.2. The molecule has 0 fully saturated rings. The van der Waals surface area contributed by atoms with Gasteiger partial charge >= 0.3 is 0 Å². The van der Waals surface area contributed by atoms with Gasteiger partial charge in [0.25, 0.3) is 5.69 Å². The maximum Gasteiger partial charge on any atom is 0.269 e. The van der Waals surface area contributed by atoms with E-state index in [2.05, 4.69) is 12.3 Å². The van der Waals surface area contributed by atoms with Gasteiger partial charge in [0.2, 0.25) is 10.0 Å². The van der Waals surface area contributed by atoms with Crippen LogP contribution in [0.1, 0.15) is 36.1 Å². The Labute approximate surface area is 190 Å². The van der Waals surface area contributed by atoms with Crippen LogP contribution in [0, 0.1) is 36.8 Å². The molecule has 7 heteroatoms. The molecule has 0 saturated heterocycles. The van der Waals surface area contributed by atoms with Crippen molar-refractivity contribution in [3.8, 4) is 0 Å². The Balaban J connectivity index is 2.49. The summed E-state index contributed by atoms with van der Waals surface area (Å²) in [6.45, 7) is 13.2. The van der Waals surface area contributed by atoms with Gasteiger partial charge in [0, 0.05) is 18.7 Å². The van der Waals surface area contributed by atoms with Crippen LogP contribution in [0.25, 0.3) is 6.08 Å². The number of rotatable bonds is 9. The van der Waals surface area contributed by atoms with Crippen molar-refractivity contribution in [2.75, 3.05) is 6.54 Å². The number of hydrogen-bond acceptors (Lipinski definition) is 4. The Morgan fingerprint density at radius 1 is 1.12 bits per heavy atom. The van der Waals surface area contributed by atoms with Crippen LogP contribution in [-0.4, -0.2) is 30.2 Å². The van der Waals surface area contributed by atoms with Gasteiger partial charge in [-0.2, -0.15) is 4.31 Å². The molecule has 0 radical (unpaired) electrons. The topological polar surface area (TPSA) is 80.5 Å². The van der Waals surface area contributed by atoms with Crippen LogP contribution in [0.4, 0.5) is 5.69 Å². The third-order valence-corrected chi connectivity index (χ3v) is 7.34. The number of nitrogens with zero attached hydrogens (tertiary/aromatic N) is 2. The van der Waals surface area contributed by atoms with Gasteiger partial charge in [0.1, 0.15) is 0 Å². The van der Waals surface area contributed by atoms with E-state index in [0.717, 1.165) is 11.1 Å². The fourth-order valence-electron chi connectivity index (χ4n) is 3.80. The summed E-state index contributed by atoms with van der Waals surface area (Å²) in [4.78, 5) is 10.7. The van der Waals surface area contributed by atoms with Crippen molar-refractivity contribution in [1.29, 1.82) is 0 Å². The van der Waals surface area contributed by atoms with Crippen molar-refractivity contribution in [1.82, 2.24) is 4.31 Å². The van der Waals surface area contributed by atoms with Gasteiger partial charge in [-0.1, -0.05) is 50.3 Å². The first kappa shape index (κ1) is 25.3. The molecule has 32 heavy (non-hydrogen) atoms. The maximum absolute atomic E-state index is 13.8. The number of sulfonamides is 1. The summed E-state index contributed by atoms with van der Waals surface area (Å²) < 4.78 is 29.1. The van der Waals surface area contributed by atoms with E-state index in [-0.39, 0.29) is 18.2 Å². The third kappa shape index (κ3) is 5.82. The standard InChI is InChI=1S/C25H30N2O4S/c1-7-9-24(18(2)3)26(15-8-10-22-11-13-23(14-12-22)27(28)29)32(30,31)25-20(5)16-19(4)17-21(25)6/h8-14,16-18,24H,1,15H2,2-6H3/b10-8+/t24-/m1/s1. The fraction of sp³-hybridized carbons (Fsp3) is 0.320. The van der Waals surface area contributed by atoms with Crippen LogP contribution in [-0.2, 0) is 10.0 Å². The van der Waals surface area contributed by atoms with Crippen molar-refractivity contribution in [2.45, 2.75) is 45.6 Å². The molecule has 1 atom stereocenters. The van der Waals surface area contributed by atoms with Crippen molar-refractivity contribution < 1.29 is 13.3 Å². The first-order chi connectivity index (χ1) is 15.0. The zero-order chi connectivity index (χ0) is 24.1. The monoisotopic (exact) mass is 454 g/mol. The van der Waals surface area contributed by atoms with Crippen LogP contribution in [0.15, 0.2) is 65.8 Å². The number of nitro groups is 1. The highest BCUT2D eigenvalue weighted by molar-refractivity contribution is 7.89. The highest BCUT2D eigenvalue weighted by Crippen LogP contribution is 2.29. The number of nitro benzene ring substituents is 1. The largest absolute Gasteiger partial charge is 0.269 e. The minimum Gasteiger partial charge on any atom is -0.258 e. The van der Waals surface area contributed by atoms with E-state index in [1.165, 1.54) is 16.4 Å². The molecule has 0 aliphatic carbocycles. The number of hydrogen-bond donors (Lipinski definition) is 0. The second-order valence-electron chi connectivity index (χ2n) is 8.16. The van der Waals surface area contributed by atoms with Gasteiger partial charge in [-0.15, -0.1) is 5.73 Å². The van der Waals surface area contributed by atoms with Crippen molar-refractivity contribution in [3.63, 3.8) is 0 Å². The first-order valence-corrected chi connectivity index (χ1v) is 11.8. The number of aryl methyl sites for hydroxylation is 3. The van der Waals surface area contributed by atoms with E-state index >= 15 is 0 Å². The van der Waals surface area contributed by atoms with Gasteiger partial charge in [-0.3, -0.25) is 10.1 Å². The van der Waals surface area contributed by atoms with Gasteiger partial charge in [0.15, 0.2) is 0 Å². The van der Waals surface area contributed by atoms with Crippen LogP contribution in [0.3, 0.4) is 0 Å². The minimum absolute atomic E-state index is 0.00198. The molecule has 0 aliphatic rings. The van der Waals surface area contributed by atoms with Gasteiger partial charge in [-0.25, -0.2) is 8.42 Å². The van der Waals surface area contributed by atoms with Gasteiger partial charge < -0.3 is 0 Å². The molecule has 2 rings (SSSR count). The number of non-ortho nitro benzene ring substituents is 1. The van der Waals surface area contributed by atoms with E-state index < -0.39 is 21.0 Å². The van der Waals surface area contributed by atoms with Crippen molar-refractivity contribution >= 4 is 21.8 Å². The van der Waals surface area contributed by atoms with Crippen molar-refractivity contribution in [3.05, 3.63) is 93.2 Å². The van der Waals surface area contributed by atoms with Gasteiger partial charge in [-0.05, 0) is 61.6 Å². The molecule has 0 aliphatic heterocycles. The lowest BCUT2D eigenvalue weighted by molar-refractivity contribution is -0.384. The first-order valence-electron chi connectivity index (χ1n) is 10.4.